The Labute approximate surface area is 85.4 Å². The standard InChI is InChI=1S/C13H16O/c1-2-14-13-10-6-5-9-12(13)11-7-3-4-8-11/h3,5-7,9-11H,2,4,8H2,1H3. The van der Waals surface area contributed by atoms with Gasteiger partial charge in [0.1, 0.15) is 5.75 Å². The first-order valence-corrected chi connectivity index (χ1v) is 5.30. The van der Waals surface area contributed by atoms with Gasteiger partial charge in [-0.05, 0) is 25.8 Å². The van der Waals surface area contributed by atoms with Crippen LogP contribution in [0.2, 0.25) is 0 Å². The summed E-state index contributed by atoms with van der Waals surface area (Å²) in [6, 6.07) is 8.35. The first kappa shape index (κ1) is 9.32. The fraction of sp³-hybridized carbons (Fsp3) is 0.385. The van der Waals surface area contributed by atoms with E-state index in [-0.39, 0.29) is 0 Å². The molecule has 1 nitrogen and oxygen atoms in total. The zero-order valence-corrected chi connectivity index (χ0v) is 8.57. The van der Waals surface area contributed by atoms with Crippen molar-refractivity contribution in [1.29, 1.82) is 0 Å². The van der Waals surface area contributed by atoms with E-state index in [1.807, 2.05) is 13.0 Å². The number of hydrogen-bond donors (Lipinski definition) is 0. The van der Waals surface area contributed by atoms with Crippen LogP contribution in [0.5, 0.6) is 5.75 Å². The van der Waals surface area contributed by atoms with Gasteiger partial charge in [-0.1, -0.05) is 30.4 Å². The Morgan fingerprint density at radius 2 is 2.21 bits per heavy atom. The van der Waals surface area contributed by atoms with Gasteiger partial charge in [0.2, 0.25) is 0 Å². The van der Waals surface area contributed by atoms with Gasteiger partial charge >= 0.3 is 0 Å². The van der Waals surface area contributed by atoms with E-state index in [9.17, 15) is 0 Å². The normalized spacial score (nSPS) is 19.9. The van der Waals surface area contributed by atoms with E-state index < -0.39 is 0 Å². The molecule has 0 N–H and O–H groups in total. The molecule has 0 heterocycles. The number of ether oxygens (including phenoxy) is 1. The van der Waals surface area contributed by atoms with Gasteiger partial charge < -0.3 is 4.74 Å². The average Bonchev–Trinajstić information content (AvgIpc) is 2.72. The third kappa shape index (κ3) is 1.82. The molecule has 0 saturated heterocycles. The molecule has 0 saturated carbocycles. The van der Waals surface area contributed by atoms with E-state index in [4.69, 9.17) is 4.74 Å². The fourth-order valence-corrected chi connectivity index (χ4v) is 1.97. The highest BCUT2D eigenvalue weighted by molar-refractivity contribution is 5.39. The van der Waals surface area contributed by atoms with E-state index >= 15 is 0 Å². The molecule has 14 heavy (non-hydrogen) atoms. The molecule has 1 unspecified atom stereocenters. The van der Waals surface area contributed by atoms with Gasteiger partial charge in [0.15, 0.2) is 0 Å². The van der Waals surface area contributed by atoms with Crippen LogP contribution in [-0.4, -0.2) is 6.61 Å². The quantitative estimate of drug-likeness (QED) is 0.659. The third-order valence-electron chi connectivity index (χ3n) is 2.63. The van der Waals surface area contributed by atoms with Crippen molar-refractivity contribution in [2.75, 3.05) is 6.61 Å². The largest absolute Gasteiger partial charge is 0.494 e. The molecule has 0 aliphatic heterocycles. The minimum absolute atomic E-state index is 0.567. The second-order valence-corrected chi connectivity index (χ2v) is 3.58. The van der Waals surface area contributed by atoms with E-state index in [0.29, 0.717) is 5.92 Å². The minimum Gasteiger partial charge on any atom is -0.494 e. The average molecular weight is 188 g/mol. The molecule has 1 aromatic rings. The van der Waals surface area contributed by atoms with Crippen molar-refractivity contribution in [3.05, 3.63) is 42.0 Å². The molecule has 0 spiro atoms. The molecule has 1 aromatic carbocycles. The summed E-state index contributed by atoms with van der Waals surface area (Å²) < 4.78 is 5.62. The van der Waals surface area contributed by atoms with Gasteiger partial charge in [-0.25, -0.2) is 0 Å². The summed E-state index contributed by atoms with van der Waals surface area (Å²) >= 11 is 0. The van der Waals surface area contributed by atoms with E-state index in [1.165, 1.54) is 18.4 Å². The number of benzene rings is 1. The Morgan fingerprint density at radius 1 is 1.36 bits per heavy atom. The Bertz CT molecular complexity index is 328. The Hall–Kier alpha value is -1.24. The van der Waals surface area contributed by atoms with Gasteiger partial charge in [-0.2, -0.15) is 0 Å². The fourth-order valence-electron chi connectivity index (χ4n) is 1.97. The highest BCUT2D eigenvalue weighted by Gasteiger charge is 2.15. The van der Waals surface area contributed by atoms with Crippen molar-refractivity contribution in [3.8, 4) is 5.75 Å². The zero-order valence-electron chi connectivity index (χ0n) is 8.57. The van der Waals surface area contributed by atoms with Crippen LogP contribution in [0.1, 0.15) is 31.2 Å². The van der Waals surface area contributed by atoms with E-state index in [0.717, 1.165) is 12.4 Å². The predicted molar refractivity (Wildman–Crippen MR) is 58.7 cm³/mol. The van der Waals surface area contributed by atoms with Crippen molar-refractivity contribution in [2.45, 2.75) is 25.7 Å². The molecular weight excluding hydrogens is 172 g/mol. The number of para-hydroxylation sites is 1. The van der Waals surface area contributed by atoms with Crippen LogP contribution in [0.4, 0.5) is 0 Å². The first-order chi connectivity index (χ1) is 6.92. The van der Waals surface area contributed by atoms with Crippen molar-refractivity contribution in [1.82, 2.24) is 0 Å². The smallest absolute Gasteiger partial charge is 0.123 e. The van der Waals surface area contributed by atoms with Gasteiger partial charge in [0.25, 0.3) is 0 Å². The van der Waals surface area contributed by atoms with Crippen LogP contribution in [0.25, 0.3) is 0 Å². The summed E-state index contributed by atoms with van der Waals surface area (Å²) in [5.74, 6) is 1.62. The molecule has 74 valence electrons. The maximum atomic E-state index is 5.62. The highest BCUT2D eigenvalue weighted by Crippen LogP contribution is 2.34. The summed E-state index contributed by atoms with van der Waals surface area (Å²) in [6.45, 7) is 2.77. The Balaban J connectivity index is 2.26. The highest BCUT2D eigenvalue weighted by atomic mass is 16.5. The van der Waals surface area contributed by atoms with Gasteiger partial charge in [-0.3, -0.25) is 0 Å². The van der Waals surface area contributed by atoms with Crippen LogP contribution in [0.3, 0.4) is 0 Å². The van der Waals surface area contributed by atoms with Crippen molar-refractivity contribution < 1.29 is 4.74 Å². The van der Waals surface area contributed by atoms with Crippen LogP contribution in [0.15, 0.2) is 36.4 Å². The molecule has 0 fully saturated rings. The lowest BCUT2D eigenvalue weighted by molar-refractivity contribution is 0.335. The lowest BCUT2D eigenvalue weighted by Crippen LogP contribution is -1.99. The van der Waals surface area contributed by atoms with Crippen molar-refractivity contribution >= 4 is 0 Å². The Morgan fingerprint density at radius 3 is 2.93 bits per heavy atom. The second kappa shape index (κ2) is 4.32. The molecule has 1 atom stereocenters. The molecular formula is C13H16O. The summed E-state index contributed by atoms with van der Waals surface area (Å²) in [4.78, 5) is 0. The first-order valence-electron chi connectivity index (χ1n) is 5.30. The van der Waals surface area contributed by atoms with Crippen LogP contribution in [-0.2, 0) is 0 Å². The van der Waals surface area contributed by atoms with Gasteiger partial charge in [0.05, 0.1) is 6.61 Å². The maximum Gasteiger partial charge on any atom is 0.123 e. The van der Waals surface area contributed by atoms with E-state index in [1.54, 1.807) is 0 Å². The molecule has 0 amide bonds. The third-order valence-corrected chi connectivity index (χ3v) is 2.63. The molecule has 0 bridgehead atoms. The topological polar surface area (TPSA) is 9.23 Å². The zero-order chi connectivity index (χ0) is 9.80. The van der Waals surface area contributed by atoms with E-state index in [2.05, 4.69) is 30.4 Å². The number of rotatable bonds is 3. The summed E-state index contributed by atoms with van der Waals surface area (Å²) in [7, 11) is 0. The lowest BCUT2D eigenvalue weighted by Gasteiger charge is -2.13. The van der Waals surface area contributed by atoms with Crippen molar-refractivity contribution in [3.63, 3.8) is 0 Å². The van der Waals surface area contributed by atoms with Crippen molar-refractivity contribution in [2.24, 2.45) is 0 Å². The SMILES string of the molecule is CCOc1ccccc1C1C=CCC1. The molecule has 0 radical (unpaired) electrons. The molecule has 1 aliphatic carbocycles. The molecule has 0 aromatic heterocycles. The number of hydrogen-bond acceptors (Lipinski definition) is 1. The van der Waals surface area contributed by atoms with Gasteiger partial charge in [-0.15, -0.1) is 0 Å². The molecule has 2 rings (SSSR count). The summed E-state index contributed by atoms with van der Waals surface area (Å²) in [5.41, 5.74) is 1.34. The molecule has 1 heteroatoms. The van der Waals surface area contributed by atoms with Crippen LogP contribution < -0.4 is 4.74 Å². The summed E-state index contributed by atoms with van der Waals surface area (Å²) in [5, 5.41) is 0. The summed E-state index contributed by atoms with van der Waals surface area (Å²) in [6.07, 6.45) is 6.97. The lowest BCUT2D eigenvalue weighted by atomic mass is 9.98. The second-order valence-electron chi connectivity index (χ2n) is 3.58. The van der Waals surface area contributed by atoms with Crippen LogP contribution in [0, 0.1) is 0 Å². The van der Waals surface area contributed by atoms with Crippen LogP contribution >= 0.6 is 0 Å². The maximum absolute atomic E-state index is 5.62. The van der Waals surface area contributed by atoms with Gasteiger partial charge in [0, 0.05) is 11.5 Å². The minimum atomic E-state index is 0.567. The molecule has 1 aliphatic rings. The predicted octanol–water partition coefficient (Wildman–Crippen LogP) is 3.52. The monoisotopic (exact) mass is 188 g/mol. The number of allylic oxidation sites excluding steroid dienone is 2. The Kier molecular flexibility index (Phi) is 2.87.